The van der Waals surface area contributed by atoms with E-state index in [0.717, 1.165) is 24.3 Å². The van der Waals surface area contributed by atoms with Crippen LogP contribution in [-0.4, -0.2) is 51.3 Å². The van der Waals surface area contributed by atoms with Crippen LogP contribution in [0.15, 0.2) is 85.3 Å². The summed E-state index contributed by atoms with van der Waals surface area (Å²) in [5.74, 6) is 0.910. The van der Waals surface area contributed by atoms with Crippen molar-refractivity contribution in [2.75, 3.05) is 25.5 Å². The minimum absolute atomic E-state index is 0.0849. The number of piperidine rings is 1. The molecule has 0 bridgehead atoms. The largest absolute Gasteiger partial charge is 0.497 e. The first-order valence-corrected chi connectivity index (χ1v) is 11.6. The van der Waals surface area contributed by atoms with Crippen molar-refractivity contribution in [3.8, 4) is 17.3 Å². The SMILES string of the molecule is COc1ccc(NC(=O)[C@@H]2CCCN(C(=O)c3cnn(-c4ccccc4)c3-n3cccc3)C2)cc1. The van der Waals surface area contributed by atoms with Gasteiger partial charge in [-0.1, -0.05) is 18.2 Å². The molecule has 1 fully saturated rings. The number of amides is 2. The number of hydrogen-bond donors (Lipinski definition) is 1. The van der Waals surface area contributed by atoms with Crippen LogP contribution in [0.2, 0.25) is 0 Å². The van der Waals surface area contributed by atoms with Crippen LogP contribution in [0.4, 0.5) is 5.69 Å². The zero-order valence-corrected chi connectivity index (χ0v) is 19.5. The first-order chi connectivity index (χ1) is 17.1. The van der Waals surface area contributed by atoms with E-state index in [4.69, 9.17) is 4.74 Å². The van der Waals surface area contributed by atoms with Crippen LogP contribution in [-0.2, 0) is 4.79 Å². The second kappa shape index (κ2) is 9.89. The van der Waals surface area contributed by atoms with Gasteiger partial charge in [-0.15, -0.1) is 0 Å². The van der Waals surface area contributed by atoms with E-state index in [1.165, 1.54) is 0 Å². The van der Waals surface area contributed by atoms with Crippen LogP contribution in [0.3, 0.4) is 0 Å². The summed E-state index contributed by atoms with van der Waals surface area (Å²) in [6, 6.07) is 20.8. The molecule has 3 heterocycles. The number of anilines is 1. The monoisotopic (exact) mass is 469 g/mol. The molecule has 0 unspecified atom stereocenters. The highest BCUT2D eigenvalue weighted by Crippen LogP contribution is 2.25. The Hall–Kier alpha value is -4.33. The lowest BCUT2D eigenvalue weighted by Crippen LogP contribution is -2.44. The van der Waals surface area contributed by atoms with Crippen molar-refractivity contribution in [3.63, 3.8) is 0 Å². The predicted molar refractivity (Wildman–Crippen MR) is 133 cm³/mol. The first kappa shape index (κ1) is 22.5. The maximum Gasteiger partial charge on any atom is 0.259 e. The van der Waals surface area contributed by atoms with Crippen molar-refractivity contribution in [1.82, 2.24) is 19.2 Å². The van der Waals surface area contributed by atoms with E-state index in [0.29, 0.717) is 30.2 Å². The number of benzene rings is 2. The Balaban J connectivity index is 1.36. The molecule has 1 N–H and O–H groups in total. The van der Waals surface area contributed by atoms with E-state index in [1.54, 1.807) is 35.0 Å². The lowest BCUT2D eigenvalue weighted by molar-refractivity contribution is -0.121. The van der Waals surface area contributed by atoms with Gasteiger partial charge in [-0.2, -0.15) is 5.10 Å². The topological polar surface area (TPSA) is 81.4 Å². The summed E-state index contributed by atoms with van der Waals surface area (Å²) >= 11 is 0. The number of para-hydroxylation sites is 1. The Bertz CT molecular complexity index is 1300. The summed E-state index contributed by atoms with van der Waals surface area (Å²) in [6.07, 6.45) is 6.91. The second-order valence-electron chi connectivity index (χ2n) is 8.53. The summed E-state index contributed by atoms with van der Waals surface area (Å²) in [4.78, 5) is 28.4. The lowest BCUT2D eigenvalue weighted by Gasteiger charge is -2.32. The number of nitrogens with zero attached hydrogens (tertiary/aromatic N) is 4. The molecule has 35 heavy (non-hydrogen) atoms. The summed E-state index contributed by atoms with van der Waals surface area (Å²) in [6.45, 7) is 0.968. The molecule has 2 aromatic heterocycles. The van der Waals surface area contributed by atoms with Crippen molar-refractivity contribution in [3.05, 3.63) is 90.9 Å². The Morgan fingerprint density at radius 2 is 1.74 bits per heavy atom. The van der Waals surface area contributed by atoms with Crippen molar-refractivity contribution in [2.24, 2.45) is 5.92 Å². The van der Waals surface area contributed by atoms with Gasteiger partial charge in [0.15, 0.2) is 5.82 Å². The number of rotatable bonds is 6. The Kier molecular flexibility index (Phi) is 6.34. The molecule has 2 aromatic carbocycles. The molecule has 178 valence electrons. The maximum absolute atomic E-state index is 13.7. The molecule has 4 aromatic rings. The van der Waals surface area contributed by atoms with Crippen LogP contribution in [0.25, 0.3) is 11.5 Å². The standard InChI is InChI=1S/C27H27N5O3/c1-35-23-13-11-21(12-14-23)29-25(33)20-8-7-17-31(19-20)27(34)24-18-28-32(22-9-3-2-4-10-22)26(24)30-15-5-6-16-30/h2-6,9-16,18,20H,7-8,17,19H2,1H3,(H,29,33)/t20-/m1/s1. The Morgan fingerprint density at radius 1 is 1.00 bits per heavy atom. The molecule has 1 atom stereocenters. The highest BCUT2D eigenvalue weighted by molar-refractivity contribution is 5.98. The molecule has 1 saturated heterocycles. The van der Waals surface area contributed by atoms with Gasteiger partial charge in [-0.05, 0) is 61.4 Å². The number of carbonyl (C=O) groups is 2. The number of hydrogen-bond acceptors (Lipinski definition) is 4. The van der Waals surface area contributed by atoms with Gasteiger partial charge >= 0.3 is 0 Å². The summed E-state index contributed by atoms with van der Waals surface area (Å²) in [7, 11) is 1.60. The van der Waals surface area contributed by atoms with Gasteiger partial charge < -0.3 is 19.5 Å². The highest BCUT2D eigenvalue weighted by Gasteiger charge is 2.31. The molecule has 0 saturated carbocycles. The second-order valence-corrected chi connectivity index (χ2v) is 8.53. The van der Waals surface area contributed by atoms with Crippen LogP contribution in [0, 0.1) is 5.92 Å². The van der Waals surface area contributed by atoms with Crippen LogP contribution in [0.5, 0.6) is 5.75 Å². The molecule has 1 aliphatic heterocycles. The number of ether oxygens (including phenoxy) is 1. The quantitative estimate of drug-likeness (QED) is 0.460. The van der Waals surface area contributed by atoms with Gasteiger partial charge in [0.25, 0.3) is 5.91 Å². The number of carbonyl (C=O) groups excluding carboxylic acids is 2. The highest BCUT2D eigenvalue weighted by atomic mass is 16.5. The normalized spacial score (nSPS) is 15.6. The van der Waals surface area contributed by atoms with Gasteiger partial charge in [0.05, 0.1) is 24.9 Å². The van der Waals surface area contributed by atoms with Gasteiger partial charge in [0, 0.05) is 31.2 Å². The fraction of sp³-hybridized carbons (Fsp3) is 0.222. The predicted octanol–water partition coefficient (Wildman–Crippen LogP) is 4.16. The van der Waals surface area contributed by atoms with E-state index < -0.39 is 0 Å². The molecule has 1 aliphatic rings. The molecule has 8 heteroatoms. The van der Waals surface area contributed by atoms with Gasteiger partial charge in [-0.3, -0.25) is 9.59 Å². The minimum Gasteiger partial charge on any atom is -0.497 e. The van der Waals surface area contributed by atoms with E-state index in [-0.39, 0.29) is 17.7 Å². The van der Waals surface area contributed by atoms with E-state index in [9.17, 15) is 9.59 Å². The summed E-state index contributed by atoms with van der Waals surface area (Å²) in [5, 5.41) is 7.51. The number of nitrogens with one attached hydrogen (secondary N) is 1. The van der Waals surface area contributed by atoms with Crippen molar-refractivity contribution in [2.45, 2.75) is 12.8 Å². The van der Waals surface area contributed by atoms with Gasteiger partial charge in [-0.25, -0.2) is 4.68 Å². The molecule has 8 nitrogen and oxygen atoms in total. The van der Waals surface area contributed by atoms with Crippen LogP contribution in [0.1, 0.15) is 23.2 Å². The van der Waals surface area contributed by atoms with Gasteiger partial charge in [0.1, 0.15) is 11.3 Å². The molecule has 5 rings (SSSR count). The van der Waals surface area contributed by atoms with Crippen LogP contribution >= 0.6 is 0 Å². The fourth-order valence-corrected chi connectivity index (χ4v) is 4.44. The van der Waals surface area contributed by atoms with E-state index >= 15 is 0 Å². The Labute approximate surface area is 203 Å². The summed E-state index contributed by atoms with van der Waals surface area (Å²) in [5.41, 5.74) is 2.07. The van der Waals surface area contributed by atoms with Gasteiger partial charge in [0.2, 0.25) is 5.91 Å². The van der Waals surface area contributed by atoms with Crippen molar-refractivity contribution < 1.29 is 14.3 Å². The molecule has 0 spiro atoms. The number of likely N-dealkylation sites (tertiary alicyclic amines) is 1. The number of aromatic nitrogens is 3. The fourth-order valence-electron chi connectivity index (χ4n) is 4.44. The number of methoxy groups -OCH3 is 1. The molecule has 0 radical (unpaired) electrons. The molecule has 2 amide bonds. The average Bonchev–Trinajstić information content (AvgIpc) is 3.59. The average molecular weight is 470 g/mol. The molecule has 0 aliphatic carbocycles. The Morgan fingerprint density at radius 3 is 2.46 bits per heavy atom. The van der Waals surface area contributed by atoms with E-state index in [1.807, 2.05) is 71.6 Å². The third kappa shape index (κ3) is 4.68. The summed E-state index contributed by atoms with van der Waals surface area (Å²) < 4.78 is 8.84. The lowest BCUT2D eigenvalue weighted by atomic mass is 9.96. The molecular formula is C27H27N5O3. The molecular weight excluding hydrogens is 442 g/mol. The smallest absolute Gasteiger partial charge is 0.259 e. The van der Waals surface area contributed by atoms with E-state index in [2.05, 4.69) is 10.4 Å². The minimum atomic E-state index is -0.283. The van der Waals surface area contributed by atoms with Crippen molar-refractivity contribution in [1.29, 1.82) is 0 Å². The van der Waals surface area contributed by atoms with Crippen molar-refractivity contribution >= 4 is 17.5 Å². The zero-order chi connectivity index (χ0) is 24.2. The maximum atomic E-state index is 13.7. The van der Waals surface area contributed by atoms with Crippen LogP contribution < -0.4 is 10.1 Å². The third-order valence-corrected chi connectivity index (χ3v) is 6.26. The third-order valence-electron chi connectivity index (χ3n) is 6.26. The first-order valence-electron chi connectivity index (χ1n) is 11.6. The zero-order valence-electron chi connectivity index (χ0n) is 19.5.